The summed E-state index contributed by atoms with van der Waals surface area (Å²) in [7, 11) is 0. The van der Waals surface area contributed by atoms with Gasteiger partial charge in [-0.3, -0.25) is 9.59 Å². The minimum Gasteiger partial charge on any atom is -0.494 e. The van der Waals surface area contributed by atoms with E-state index >= 15 is 0 Å². The number of ether oxygens (including phenoxy) is 1. The summed E-state index contributed by atoms with van der Waals surface area (Å²) in [6, 6.07) is 12.2. The van der Waals surface area contributed by atoms with E-state index in [0.29, 0.717) is 25.4 Å². The van der Waals surface area contributed by atoms with E-state index in [0.717, 1.165) is 53.6 Å². The van der Waals surface area contributed by atoms with Gasteiger partial charge in [-0.2, -0.15) is 0 Å². The molecule has 186 valence electrons. The number of carbonyl (C=O) groups is 2. The van der Waals surface area contributed by atoms with Gasteiger partial charge >= 0.3 is 0 Å². The van der Waals surface area contributed by atoms with Crippen molar-refractivity contribution in [3.63, 3.8) is 0 Å². The van der Waals surface area contributed by atoms with E-state index in [1.54, 1.807) is 16.2 Å². The summed E-state index contributed by atoms with van der Waals surface area (Å²) >= 11 is 1.73. The summed E-state index contributed by atoms with van der Waals surface area (Å²) in [5, 5.41) is 3.32. The molecule has 3 aromatic rings. The van der Waals surface area contributed by atoms with Crippen LogP contribution in [-0.4, -0.2) is 39.5 Å². The molecule has 5 rings (SSSR count). The van der Waals surface area contributed by atoms with Crippen LogP contribution in [0.3, 0.4) is 0 Å². The number of amides is 2. The average Bonchev–Trinajstić information content (AvgIpc) is 3.42. The minimum atomic E-state index is -1.01. The Labute approximate surface area is 211 Å². The molecule has 2 aliphatic rings. The second-order valence-electron chi connectivity index (χ2n) is 9.95. The van der Waals surface area contributed by atoms with Crippen LogP contribution in [0.4, 0.5) is 0 Å². The van der Waals surface area contributed by atoms with Crippen molar-refractivity contribution in [2.24, 2.45) is 0 Å². The van der Waals surface area contributed by atoms with Gasteiger partial charge in [0.15, 0.2) is 0 Å². The lowest BCUT2D eigenvalue weighted by Crippen LogP contribution is -2.64. The SMILES string of the molecule is CCOc1ccccc1CN1C(=O)c2cc3sc(CC)cc3n2CC1(C)C(=O)NC1CCCCC1. The lowest BCUT2D eigenvalue weighted by Gasteiger charge is -2.45. The number of hydrogen-bond acceptors (Lipinski definition) is 4. The summed E-state index contributed by atoms with van der Waals surface area (Å²) in [6.45, 7) is 7.33. The molecule has 1 N–H and O–H groups in total. The highest BCUT2D eigenvalue weighted by Crippen LogP contribution is 2.38. The Hall–Kier alpha value is -2.80. The highest BCUT2D eigenvalue weighted by molar-refractivity contribution is 7.19. The van der Waals surface area contributed by atoms with Crippen molar-refractivity contribution < 1.29 is 14.3 Å². The van der Waals surface area contributed by atoms with Crippen LogP contribution in [0.5, 0.6) is 5.75 Å². The Balaban J connectivity index is 1.55. The predicted molar refractivity (Wildman–Crippen MR) is 140 cm³/mol. The summed E-state index contributed by atoms with van der Waals surface area (Å²) in [5.41, 5.74) is 1.61. The summed E-state index contributed by atoms with van der Waals surface area (Å²) < 4.78 is 9.03. The normalized spacial score (nSPS) is 20.8. The first kappa shape index (κ1) is 23.9. The van der Waals surface area contributed by atoms with Gasteiger partial charge in [-0.15, -0.1) is 11.3 Å². The molecule has 0 radical (unpaired) electrons. The van der Waals surface area contributed by atoms with Gasteiger partial charge in [-0.25, -0.2) is 0 Å². The van der Waals surface area contributed by atoms with E-state index in [1.807, 2.05) is 44.2 Å². The molecule has 2 amide bonds. The lowest BCUT2D eigenvalue weighted by molar-refractivity contribution is -0.134. The number of thiophene rings is 1. The predicted octanol–water partition coefficient (Wildman–Crippen LogP) is 5.53. The molecule has 1 unspecified atom stereocenters. The number of aryl methyl sites for hydroxylation is 1. The fourth-order valence-corrected chi connectivity index (χ4v) is 6.54. The van der Waals surface area contributed by atoms with Crippen molar-refractivity contribution in [2.75, 3.05) is 6.61 Å². The lowest BCUT2D eigenvalue weighted by atomic mass is 9.91. The molecule has 1 atom stereocenters. The number of nitrogens with one attached hydrogen (secondary N) is 1. The maximum atomic E-state index is 14.0. The maximum absolute atomic E-state index is 14.0. The number of benzene rings is 1. The van der Waals surface area contributed by atoms with Crippen molar-refractivity contribution in [2.45, 2.75) is 84.0 Å². The van der Waals surface area contributed by atoms with Gasteiger partial charge in [0, 0.05) is 16.5 Å². The Morgan fingerprint density at radius 1 is 1.17 bits per heavy atom. The van der Waals surface area contributed by atoms with Gasteiger partial charge in [0.1, 0.15) is 17.0 Å². The molecule has 1 saturated carbocycles. The van der Waals surface area contributed by atoms with E-state index in [9.17, 15) is 9.59 Å². The first-order valence-corrected chi connectivity index (χ1v) is 13.7. The Kier molecular flexibility index (Phi) is 6.62. The number of carbonyl (C=O) groups excluding carboxylic acids is 2. The number of rotatable bonds is 7. The smallest absolute Gasteiger partial charge is 0.271 e. The van der Waals surface area contributed by atoms with E-state index in [4.69, 9.17) is 4.74 Å². The van der Waals surface area contributed by atoms with Crippen molar-refractivity contribution in [1.29, 1.82) is 0 Å². The number of fused-ring (bicyclic) bond motifs is 3. The molecule has 6 nitrogen and oxygen atoms in total. The van der Waals surface area contributed by atoms with Crippen LogP contribution in [-0.2, 0) is 24.3 Å². The largest absolute Gasteiger partial charge is 0.494 e. The van der Waals surface area contributed by atoms with E-state index < -0.39 is 5.54 Å². The number of para-hydroxylation sites is 1. The quantitative estimate of drug-likeness (QED) is 0.471. The maximum Gasteiger partial charge on any atom is 0.271 e. The molecule has 3 heterocycles. The van der Waals surface area contributed by atoms with Gasteiger partial charge in [0.25, 0.3) is 5.91 Å². The summed E-state index contributed by atoms with van der Waals surface area (Å²) in [5.74, 6) is 0.586. The Bertz CT molecular complexity index is 1240. The van der Waals surface area contributed by atoms with Crippen molar-refractivity contribution in [1.82, 2.24) is 14.8 Å². The first-order valence-electron chi connectivity index (χ1n) is 12.9. The molecule has 0 spiro atoms. The van der Waals surface area contributed by atoms with E-state index in [2.05, 4.69) is 22.9 Å². The topological polar surface area (TPSA) is 63.6 Å². The molecule has 7 heteroatoms. The molecule has 1 aromatic carbocycles. The number of nitrogens with zero attached hydrogens (tertiary/aromatic N) is 2. The third kappa shape index (κ3) is 4.35. The summed E-state index contributed by atoms with van der Waals surface area (Å²) in [6.07, 6.45) is 6.48. The third-order valence-corrected chi connectivity index (χ3v) is 8.76. The van der Waals surface area contributed by atoms with Crippen LogP contribution in [0, 0.1) is 0 Å². The zero-order valence-electron chi connectivity index (χ0n) is 20.9. The monoisotopic (exact) mass is 493 g/mol. The van der Waals surface area contributed by atoms with Crippen LogP contribution < -0.4 is 10.1 Å². The Morgan fingerprint density at radius 3 is 2.69 bits per heavy atom. The number of aromatic nitrogens is 1. The molecule has 2 aromatic heterocycles. The standard InChI is InChI=1S/C28H35N3O3S/c1-4-21-15-22-25(35-21)16-23-26(32)31(17-19-11-9-10-14-24(19)34-5-2)28(3,18-30(22)23)27(33)29-20-12-7-6-8-13-20/h9-11,14-16,20H,4-8,12-13,17-18H2,1-3H3,(H,29,33). The fourth-order valence-electron chi connectivity index (χ4n) is 5.50. The molecule has 0 bridgehead atoms. The van der Waals surface area contributed by atoms with Crippen LogP contribution >= 0.6 is 11.3 Å². The van der Waals surface area contributed by atoms with Gasteiger partial charge in [0.2, 0.25) is 5.91 Å². The minimum absolute atomic E-state index is 0.0647. The molecule has 1 aliphatic carbocycles. The van der Waals surface area contributed by atoms with Gasteiger partial charge < -0.3 is 19.5 Å². The second-order valence-corrected chi connectivity index (χ2v) is 11.1. The molecule has 1 aliphatic heterocycles. The first-order chi connectivity index (χ1) is 16.9. The number of hydrogen-bond donors (Lipinski definition) is 1. The highest BCUT2D eigenvalue weighted by atomic mass is 32.1. The van der Waals surface area contributed by atoms with Crippen LogP contribution in [0.15, 0.2) is 36.4 Å². The molecule has 1 fully saturated rings. The zero-order valence-corrected chi connectivity index (χ0v) is 21.7. The Morgan fingerprint density at radius 2 is 1.94 bits per heavy atom. The van der Waals surface area contributed by atoms with Crippen LogP contribution in [0.2, 0.25) is 0 Å². The molecular weight excluding hydrogens is 458 g/mol. The van der Waals surface area contributed by atoms with Gasteiger partial charge in [0.05, 0.1) is 29.9 Å². The highest BCUT2D eigenvalue weighted by Gasteiger charge is 2.48. The molecular formula is C28H35N3O3S. The van der Waals surface area contributed by atoms with Crippen molar-refractivity contribution >= 4 is 33.4 Å². The second kappa shape index (κ2) is 9.69. The van der Waals surface area contributed by atoms with Gasteiger partial charge in [-0.1, -0.05) is 44.4 Å². The van der Waals surface area contributed by atoms with Crippen LogP contribution in [0.1, 0.15) is 73.8 Å². The molecule has 0 saturated heterocycles. The molecule has 35 heavy (non-hydrogen) atoms. The van der Waals surface area contributed by atoms with Crippen molar-refractivity contribution in [3.8, 4) is 5.75 Å². The fraction of sp³-hybridized carbons (Fsp3) is 0.500. The van der Waals surface area contributed by atoms with Crippen LogP contribution in [0.25, 0.3) is 10.2 Å². The van der Waals surface area contributed by atoms with Crippen molar-refractivity contribution in [3.05, 3.63) is 52.5 Å². The van der Waals surface area contributed by atoms with E-state index in [-0.39, 0.29) is 17.9 Å². The van der Waals surface area contributed by atoms with Gasteiger partial charge in [-0.05, 0) is 51.3 Å². The average molecular weight is 494 g/mol. The third-order valence-electron chi connectivity index (χ3n) is 7.55. The van der Waals surface area contributed by atoms with E-state index in [1.165, 1.54) is 11.3 Å². The zero-order chi connectivity index (χ0) is 24.6. The summed E-state index contributed by atoms with van der Waals surface area (Å²) in [4.78, 5) is 31.0.